The van der Waals surface area contributed by atoms with Crippen LogP contribution in [0.15, 0.2) is 24.8 Å². The summed E-state index contributed by atoms with van der Waals surface area (Å²) in [6.45, 7) is 7.17. The van der Waals surface area contributed by atoms with Crippen molar-refractivity contribution < 1.29 is 4.79 Å². The number of rotatable bonds is 8. The first-order chi connectivity index (χ1) is 11.2. The molecule has 0 saturated carbocycles. The van der Waals surface area contributed by atoms with Crippen molar-refractivity contribution in [2.75, 3.05) is 18.4 Å². The Hall–Kier alpha value is -2.44. The maximum atomic E-state index is 11.9. The number of anilines is 1. The van der Waals surface area contributed by atoms with Gasteiger partial charge in [0.2, 0.25) is 5.91 Å². The van der Waals surface area contributed by atoms with Crippen molar-refractivity contribution in [3.05, 3.63) is 30.6 Å². The number of nitrogens with one attached hydrogen (secondary N) is 2. The predicted octanol–water partition coefficient (Wildman–Crippen LogP) is 1.94. The Bertz CT molecular complexity index is 635. The van der Waals surface area contributed by atoms with Gasteiger partial charge in [-0.3, -0.25) is 9.36 Å². The van der Waals surface area contributed by atoms with Crippen molar-refractivity contribution in [3.63, 3.8) is 0 Å². The predicted molar refractivity (Wildman–Crippen MR) is 89.5 cm³/mol. The highest BCUT2D eigenvalue weighted by Gasteiger charge is 2.12. The molecule has 0 atom stereocenters. The van der Waals surface area contributed by atoms with Crippen LogP contribution in [0.25, 0.3) is 5.82 Å². The number of aromatic nitrogens is 4. The number of carbonyl (C=O) groups excluding carboxylic acids is 1. The maximum Gasteiger partial charge on any atom is 0.223 e. The lowest BCUT2D eigenvalue weighted by Gasteiger charge is -2.13. The molecule has 7 nitrogen and oxygen atoms in total. The van der Waals surface area contributed by atoms with E-state index in [1.807, 2.05) is 37.6 Å². The fraction of sp³-hybridized carbons (Fsp3) is 0.500. The smallest absolute Gasteiger partial charge is 0.223 e. The molecule has 2 rings (SSSR count). The van der Waals surface area contributed by atoms with Crippen LogP contribution in [0.1, 0.15) is 32.5 Å². The molecular formula is C16H24N6O. The molecule has 0 spiro atoms. The van der Waals surface area contributed by atoms with E-state index in [0.717, 1.165) is 30.3 Å². The van der Waals surface area contributed by atoms with Crippen LogP contribution in [0.2, 0.25) is 0 Å². The first-order valence-electron chi connectivity index (χ1n) is 7.99. The lowest BCUT2D eigenvalue weighted by molar-refractivity contribution is -0.125. The maximum absolute atomic E-state index is 11.9. The standard InChI is InChI=1S/C16H24N6O/c1-4-13(5-2)16(23)19-7-6-18-14-10-15(21-11-20-14)22-9-8-17-12(22)3/h8-11,13H,4-7H2,1-3H3,(H,19,23)(H,18,20,21). The van der Waals surface area contributed by atoms with Crippen molar-refractivity contribution in [2.24, 2.45) is 5.92 Å². The average molecular weight is 316 g/mol. The van der Waals surface area contributed by atoms with E-state index in [0.29, 0.717) is 13.1 Å². The molecule has 2 heterocycles. The second kappa shape index (κ2) is 8.26. The van der Waals surface area contributed by atoms with E-state index >= 15 is 0 Å². The Morgan fingerprint density at radius 3 is 2.65 bits per heavy atom. The Morgan fingerprint density at radius 2 is 2.00 bits per heavy atom. The van der Waals surface area contributed by atoms with E-state index in [1.54, 1.807) is 6.20 Å². The molecule has 23 heavy (non-hydrogen) atoms. The van der Waals surface area contributed by atoms with E-state index in [-0.39, 0.29) is 11.8 Å². The summed E-state index contributed by atoms with van der Waals surface area (Å²) >= 11 is 0. The molecule has 2 aromatic rings. The van der Waals surface area contributed by atoms with E-state index in [2.05, 4.69) is 25.6 Å². The van der Waals surface area contributed by atoms with Gasteiger partial charge >= 0.3 is 0 Å². The Morgan fingerprint density at radius 1 is 1.22 bits per heavy atom. The number of imidazole rings is 1. The number of hydrogen-bond donors (Lipinski definition) is 2. The summed E-state index contributed by atoms with van der Waals surface area (Å²) in [4.78, 5) is 24.5. The zero-order valence-electron chi connectivity index (χ0n) is 13.9. The first-order valence-corrected chi connectivity index (χ1v) is 7.99. The van der Waals surface area contributed by atoms with Gasteiger partial charge in [-0.2, -0.15) is 0 Å². The van der Waals surface area contributed by atoms with Crippen LogP contribution in [0.3, 0.4) is 0 Å². The molecule has 0 radical (unpaired) electrons. The molecule has 7 heteroatoms. The molecule has 1 amide bonds. The molecule has 0 aromatic carbocycles. The third kappa shape index (κ3) is 4.51. The van der Waals surface area contributed by atoms with E-state index in [1.165, 1.54) is 6.33 Å². The molecule has 0 fully saturated rings. The zero-order chi connectivity index (χ0) is 16.7. The number of nitrogens with zero attached hydrogens (tertiary/aromatic N) is 4. The van der Waals surface area contributed by atoms with Crippen molar-refractivity contribution in [1.82, 2.24) is 24.8 Å². The molecule has 0 bridgehead atoms. The highest BCUT2D eigenvalue weighted by molar-refractivity contribution is 5.78. The Balaban J connectivity index is 1.85. The molecule has 0 saturated heterocycles. The lowest BCUT2D eigenvalue weighted by Crippen LogP contribution is -2.33. The van der Waals surface area contributed by atoms with Crippen LogP contribution in [-0.4, -0.2) is 38.5 Å². The summed E-state index contributed by atoms with van der Waals surface area (Å²) in [6, 6.07) is 1.86. The number of amides is 1. The minimum absolute atomic E-state index is 0.102. The fourth-order valence-electron chi connectivity index (χ4n) is 2.38. The van der Waals surface area contributed by atoms with Crippen LogP contribution in [-0.2, 0) is 4.79 Å². The molecular weight excluding hydrogens is 292 g/mol. The van der Waals surface area contributed by atoms with Crippen molar-refractivity contribution in [3.8, 4) is 5.82 Å². The molecule has 0 aliphatic rings. The van der Waals surface area contributed by atoms with E-state index < -0.39 is 0 Å². The minimum atomic E-state index is 0.102. The van der Waals surface area contributed by atoms with Crippen LogP contribution in [0.4, 0.5) is 5.82 Å². The fourth-order valence-corrected chi connectivity index (χ4v) is 2.38. The monoisotopic (exact) mass is 316 g/mol. The third-order valence-electron chi connectivity index (χ3n) is 3.81. The summed E-state index contributed by atoms with van der Waals surface area (Å²) < 4.78 is 1.89. The lowest BCUT2D eigenvalue weighted by atomic mass is 10.0. The quantitative estimate of drug-likeness (QED) is 0.727. The van der Waals surface area contributed by atoms with Gasteiger partial charge < -0.3 is 10.6 Å². The molecule has 0 aliphatic carbocycles. The van der Waals surface area contributed by atoms with E-state index in [9.17, 15) is 4.79 Å². The van der Waals surface area contributed by atoms with Gasteiger partial charge in [0.25, 0.3) is 0 Å². The molecule has 124 valence electrons. The summed E-state index contributed by atoms with van der Waals surface area (Å²) in [5.74, 6) is 2.57. The highest BCUT2D eigenvalue weighted by Crippen LogP contribution is 2.10. The van der Waals surface area contributed by atoms with E-state index in [4.69, 9.17) is 0 Å². The van der Waals surface area contributed by atoms with Gasteiger partial charge in [0, 0.05) is 37.5 Å². The molecule has 0 aliphatic heterocycles. The van der Waals surface area contributed by atoms with Gasteiger partial charge in [0.1, 0.15) is 23.8 Å². The summed E-state index contributed by atoms with van der Waals surface area (Å²) in [7, 11) is 0. The van der Waals surface area contributed by atoms with Gasteiger partial charge in [-0.05, 0) is 19.8 Å². The van der Waals surface area contributed by atoms with Gasteiger partial charge in [-0.15, -0.1) is 0 Å². The van der Waals surface area contributed by atoms with Gasteiger partial charge in [-0.25, -0.2) is 15.0 Å². The largest absolute Gasteiger partial charge is 0.368 e. The number of carbonyl (C=O) groups is 1. The van der Waals surface area contributed by atoms with Crippen LogP contribution >= 0.6 is 0 Å². The van der Waals surface area contributed by atoms with Crippen molar-refractivity contribution in [1.29, 1.82) is 0 Å². The second-order valence-corrected chi connectivity index (χ2v) is 5.34. The van der Waals surface area contributed by atoms with Gasteiger partial charge in [-0.1, -0.05) is 13.8 Å². The van der Waals surface area contributed by atoms with Crippen molar-refractivity contribution in [2.45, 2.75) is 33.6 Å². The third-order valence-corrected chi connectivity index (χ3v) is 3.81. The van der Waals surface area contributed by atoms with Crippen LogP contribution in [0.5, 0.6) is 0 Å². The normalized spacial score (nSPS) is 10.8. The molecule has 2 N–H and O–H groups in total. The second-order valence-electron chi connectivity index (χ2n) is 5.34. The van der Waals surface area contributed by atoms with Crippen molar-refractivity contribution >= 4 is 11.7 Å². The van der Waals surface area contributed by atoms with Gasteiger partial charge in [0.15, 0.2) is 0 Å². The average Bonchev–Trinajstić information content (AvgIpc) is 2.99. The zero-order valence-corrected chi connectivity index (χ0v) is 13.9. The minimum Gasteiger partial charge on any atom is -0.368 e. The SMILES string of the molecule is CCC(CC)C(=O)NCCNc1cc(-n2ccnc2C)ncn1. The number of hydrogen-bond acceptors (Lipinski definition) is 5. The topological polar surface area (TPSA) is 84.7 Å². The summed E-state index contributed by atoms with van der Waals surface area (Å²) in [5, 5.41) is 6.14. The van der Waals surface area contributed by atoms with Gasteiger partial charge in [0.05, 0.1) is 0 Å². The Labute approximate surface area is 136 Å². The first kappa shape index (κ1) is 16.9. The summed E-state index contributed by atoms with van der Waals surface area (Å²) in [5.41, 5.74) is 0. The Kier molecular flexibility index (Phi) is 6.08. The molecule has 0 unspecified atom stereocenters. The number of aryl methyl sites for hydroxylation is 1. The van der Waals surface area contributed by atoms with Crippen LogP contribution < -0.4 is 10.6 Å². The molecule has 2 aromatic heterocycles. The van der Waals surface area contributed by atoms with Crippen LogP contribution in [0, 0.1) is 12.8 Å². The summed E-state index contributed by atoms with van der Waals surface area (Å²) in [6.07, 6.45) is 6.85. The highest BCUT2D eigenvalue weighted by atomic mass is 16.1.